The molecule has 0 saturated carbocycles. The zero-order valence-electron chi connectivity index (χ0n) is 12.9. The monoisotopic (exact) mass is 383 g/mol. The van der Waals surface area contributed by atoms with Gasteiger partial charge < -0.3 is 25.2 Å². The van der Waals surface area contributed by atoms with Crippen molar-refractivity contribution in [2.45, 2.75) is 30.6 Å². The van der Waals surface area contributed by atoms with Crippen LogP contribution in [-0.2, 0) is 9.53 Å². The van der Waals surface area contributed by atoms with E-state index < -0.39 is 43.2 Å². The summed E-state index contributed by atoms with van der Waals surface area (Å²) >= 11 is 6.27. The normalized spacial score (nSPS) is 34.8. The molecule has 0 aromatic heterocycles. The van der Waals surface area contributed by atoms with Gasteiger partial charge in [-0.25, -0.2) is 0 Å². The maximum absolute atomic E-state index is 12.7. The Kier molecular flexibility index (Phi) is 5.54. The maximum Gasteiger partial charge on any atom is 0.268 e. The number of thiocarbonyl (C=S) groups is 1. The van der Waals surface area contributed by atoms with Gasteiger partial charge in [0.05, 0.1) is 11.5 Å². The molecule has 134 valence electrons. The van der Waals surface area contributed by atoms with E-state index in [9.17, 15) is 25.2 Å². The van der Waals surface area contributed by atoms with Gasteiger partial charge in [-0.1, -0.05) is 54.3 Å². The fraction of sp³-hybridized carbons (Fsp3) is 0.375. The number of aliphatic hydroxyl groups is 4. The van der Waals surface area contributed by atoms with Crippen molar-refractivity contribution in [2.24, 2.45) is 0 Å². The molecule has 2 heterocycles. The molecular weight excluding hydrogens is 366 g/mol. The van der Waals surface area contributed by atoms with Gasteiger partial charge in [-0.2, -0.15) is 0 Å². The van der Waals surface area contributed by atoms with E-state index in [1.54, 1.807) is 6.08 Å². The van der Waals surface area contributed by atoms with Crippen molar-refractivity contribution in [3.8, 4) is 0 Å². The molecule has 1 amide bonds. The van der Waals surface area contributed by atoms with Gasteiger partial charge in [0, 0.05) is 0 Å². The second-order valence-electron chi connectivity index (χ2n) is 5.68. The number of amides is 1. The zero-order valence-corrected chi connectivity index (χ0v) is 14.6. The molecule has 25 heavy (non-hydrogen) atoms. The highest BCUT2D eigenvalue weighted by Gasteiger charge is 2.50. The molecule has 0 radical (unpaired) electrons. The summed E-state index contributed by atoms with van der Waals surface area (Å²) in [6.07, 6.45) is -5.34. The largest absolute Gasteiger partial charge is 0.394 e. The lowest BCUT2D eigenvalue weighted by Gasteiger charge is -2.42. The molecule has 0 aliphatic carbocycles. The van der Waals surface area contributed by atoms with E-state index in [4.69, 9.17) is 17.0 Å². The van der Waals surface area contributed by atoms with E-state index in [0.29, 0.717) is 4.91 Å². The van der Waals surface area contributed by atoms with Crippen LogP contribution in [0.2, 0.25) is 0 Å². The SMILES string of the molecule is O=C1/C(=C/c2ccccc2)SC(=S)N1[C@H]1O[C@@H](CO)[C@@H](O)[C@@H](O)[C@H]1O. The first-order valence-electron chi connectivity index (χ1n) is 7.56. The van der Waals surface area contributed by atoms with Gasteiger partial charge in [-0.15, -0.1) is 0 Å². The van der Waals surface area contributed by atoms with E-state index in [-0.39, 0.29) is 4.32 Å². The Bertz CT molecular complexity index is 695. The van der Waals surface area contributed by atoms with Crippen LogP contribution in [0.3, 0.4) is 0 Å². The van der Waals surface area contributed by atoms with Crippen LogP contribution in [-0.4, -0.2) is 72.8 Å². The van der Waals surface area contributed by atoms with E-state index in [1.807, 2.05) is 30.3 Å². The Labute approximate surface area is 153 Å². The van der Waals surface area contributed by atoms with E-state index in [1.165, 1.54) is 0 Å². The fourth-order valence-corrected chi connectivity index (χ4v) is 4.01. The van der Waals surface area contributed by atoms with Crippen molar-refractivity contribution in [3.05, 3.63) is 40.8 Å². The average molecular weight is 383 g/mol. The highest BCUT2D eigenvalue weighted by Crippen LogP contribution is 2.37. The van der Waals surface area contributed by atoms with Gasteiger partial charge in [0.2, 0.25) is 0 Å². The summed E-state index contributed by atoms with van der Waals surface area (Å²) < 4.78 is 5.58. The summed E-state index contributed by atoms with van der Waals surface area (Å²) in [4.78, 5) is 14.1. The average Bonchev–Trinajstić information content (AvgIpc) is 2.88. The number of carbonyl (C=O) groups excluding carboxylic acids is 1. The minimum absolute atomic E-state index is 0.163. The van der Waals surface area contributed by atoms with Crippen LogP contribution in [0.15, 0.2) is 35.2 Å². The molecule has 0 unspecified atom stereocenters. The third-order valence-electron chi connectivity index (χ3n) is 4.04. The Morgan fingerprint density at radius 2 is 1.84 bits per heavy atom. The molecule has 2 aliphatic rings. The lowest BCUT2D eigenvalue weighted by atomic mass is 9.98. The molecule has 2 saturated heterocycles. The predicted molar refractivity (Wildman–Crippen MR) is 95.2 cm³/mol. The number of nitrogens with zero attached hydrogens (tertiary/aromatic N) is 1. The van der Waals surface area contributed by atoms with Crippen LogP contribution in [0, 0.1) is 0 Å². The van der Waals surface area contributed by atoms with Crippen molar-refractivity contribution < 1.29 is 30.0 Å². The van der Waals surface area contributed by atoms with E-state index in [2.05, 4.69) is 0 Å². The summed E-state index contributed by atoms with van der Waals surface area (Å²) in [6.45, 7) is -0.573. The van der Waals surface area contributed by atoms with Gasteiger partial charge in [0.1, 0.15) is 24.4 Å². The fourth-order valence-electron chi connectivity index (χ4n) is 2.70. The third-order valence-corrected chi connectivity index (χ3v) is 5.37. The Morgan fingerprint density at radius 1 is 1.16 bits per heavy atom. The van der Waals surface area contributed by atoms with Crippen molar-refractivity contribution in [3.63, 3.8) is 0 Å². The second-order valence-corrected chi connectivity index (χ2v) is 7.36. The molecule has 0 spiro atoms. The van der Waals surface area contributed by atoms with E-state index >= 15 is 0 Å². The molecule has 2 aliphatic heterocycles. The summed E-state index contributed by atoms with van der Waals surface area (Å²) in [5, 5.41) is 39.2. The molecule has 3 rings (SSSR count). The number of thioether (sulfide) groups is 1. The van der Waals surface area contributed by atoms with Crippen LogP contribution >= 0.6 is 24.0 Å². The van der Waals surface area contributed by atoms with Crippen molar-refractivity contribution in [2.75, 3.05) is 6.61 Å². The number of ether oxygens (including phenoxy) is 1. The smallest absolute Gasteiger partial charge is 0.268 e. The molecule has 4 N–H and O–H groups in total. The van der Waals surface area contributed by atoms with Crippen LogP contribution in [0.1, 0.15) is 5.56 Å². The highest BCUT2D eigenvalue weighted by molar-refractivity contribution is 8.26. The number of rotatable bonds is 3. The summed E-state index contributed by atoms with van der Waals surface area (Å²) in [6, 6.07) is 9.20. The Hall–Kier alpha value is -1.33. The van der Waals surface area contributed by atoms with Crippen molar-refractivity contribution in [1.82, 2.24) is 4.90 Å². The molecule has 1 aromatic carbocycles. The standard InChI is InChI=1S/C16H17NO6S2/c18-7-9-11(19)12(20)13(21)15(23-9)17-14(22)10(25-16(17)24)6-8-4-2-1-3-5-8/h1-6,9,11-13,15,18-21H,7H2/b10-6-/t9-,11+,12+,13+,15-/m0/s1. The lowest BCUT2D eigenvalue weighted by molar-refractivity contribution is -0.252. The quantitative estimate of drug-likeness (QED) is 0.416. The topological polar surface area (TPSA) is 110 Å². The number of hydrogen-bond acceptors (Lipinski definition) is 8. The van der Waals surface area contributed by atoms with Gasteiger partial charge in [0.15, 0.2) is 10.5 Å². The number of aliphatic hydroxyl groups excluding tert-OH is 4. The molecule has 9 heteroatoms. The van der Waals surface area contributed by atoms with Crippen LogP contribution in [0.4, 0.5) is 0 Å². The first-order valence-corrected chi connectivity index (χ1v) is 8.79. The minimum atomic E-state index is -1.57. The van der Waals surface area contributed by atoms with Crippen LogP contribution in [0.25, 0.3) is 6.08 Å². The molecule has 7 nitrogen and oxygen atoms in total. The first kappa shape index (κ1) is 18.5. The van der Waals surface area contributed by atoms with Gasteiger partial charge in [0.25, 0.3) is 5.91 Å². The lowest BCUT2D eigenvalue weighted by Crippen LogP contribution is -2.63. The highest BCUT2D eigenvalue weighted by atomic mass is 32.2. The summed E-state index contributed by atoms with van der Waals surface area (Å²) in [5.41, 5.74) is 0.816. The molecule has 5 atom stereocenters. The van der Waals surface area contributed by atoms with Crippen LogP contribution in [0.5, 0.6) is 0 Å². The molecule has 2 fully saturated rings. The Morgan fingerprint density at radius 3 is 2.48 bits per heavy atom. The van der Waals surface area contributed by atoms with Gasteiger partial charge in [-0.3, -0.25) is 9.69 Å². The molecule has 1 aromatic rings. The van der Waals surface area contributed by atoms with Gasteiger partial charge >= 0.3 is 0 Å². The zero-order chi connectivity index (χ0) is 18.1. The minimum Gasteiger partial charge on any atom is -0.394 e. The summed E-state index contributed by atoms with van der Waals surface area (Å²) in [7, 11) is 0. The van der Waals surface area contributed by atoms with E-state index in [0.717, 1.165) is 22.2 Å². The van der Waals surface area contributed by atoms with Crippen LogP contribution < -0.4 is 0 Å². The summed E-state index contributed by atoms with van der Waals surface area (Å²) in [5.74, 6) is -0.469. The Balaban J connectivity index is 1.86. The number of carbonyl (C=O) groups is 1. The van der Waals surface area contributed by atoms with Crippen molar-refractivity contribution >= 4 is 40.3 Å². The van der Waals surface area contributed by atoms with Gasteiger partial charge in [-0.05, 0) is 11.6 Å². The molecular formula is C16H17NO6S2. The number of benzene rings is 1. The second kappa shape index (κ2) is 7.50. The number of hydrogen-bond donors (Lipinski definition) is 4. The third kappa shape index (κ3) is 3.49. The predicted octanol–water partition coefficient (Wildman–Crippen LogP) is -0.312. The van der Waals surface area contributed by atoms with Crippen molar-refractivity contribution in [1.29, 1.82) is 0 Å². The maximum atomic E-state index is 12.7. The molecule has 0 bridgehead atoms. The first-order chi connectivity index (χ1) is 11.9.